The van der Waals surface area contributed by atoms with Crippen LogP contribution in [0.25, 0.3) is 0 Å². The van der Waals surface area contributed by atoms with E-state index in [9.17, 15) is 4.79 Å². The Labute approximate surface area is 75.4 Å². The van der Waals surface area contributed by atoms with Crippen LogP contribution in [-0.2, 0) is 0 Å². The molecular weight excluding hydrogens is 208 g/mol. The second kappa shape index (κ2) is 5.18. The molecule has 0 aliphatic heterocycles. The number of carbonyl (C=O) groups is 1. The van der Waals surface area contributed by atoms with E-state index in [4.69, 9.17) is 0 Å². The van der Waals surface area contributed by atoms with Crippen molar-refractivity contribution < 1.29 is 4.79 Å². The van der Waals surface area contributed by atoms with Crippen molar-refractivity contribution in [1.29, 1.82) is 0 Å². The number of urea groups is 1. The van der Waals surface area contributed by atoms with E-state index in [1.807, 2.05) is 13.8 Å². The summed E-state index contributed by atoms with van der Waals surface area (Å²) < 4.78 is 0.973. The number of hydrogen-bond donors (Lipinski definition) is 2. The van der Waals surface area contributed by atoms with Crippen molar-refractivity contribution in [3.8, 4) is 0 Å². The highest BCUT2D eigenvalue weighted by Crippen LogP contribution is 2.14. The van der Waals surface area contributed by atoms with E-state index in [1.54, 1.807) is 13.2 Å². The first kappa shape index (κ1) is 10.5. The number of rotatable bonds is 2. The average molecular weight is 221 g/mol. The van der Waals surface area contributed by atoms with Crippen LogP contribution in [0.2, 0.25) is 0 Å². The SMILES string of the molecule is CNC(=O)N/C=C(/Br)C(C)C. The summed E-state index contributed by atoms with van der Waals surface area (Å²) in [6.45, 7) is 4.07. The summed E-state index contributed by atoms with van der Waals surface area (Å²) in [5.41, 5.74) is 0. The Hall–Kier alpha value is -0.510. The van der Waals surface area contributed by atoms with Gasteiger partial charge < -0.3 is 10.6 Å². The Morgan fingerprint density at radius 2 is 2.09 bits per heavy atom. The van der Waals surface area contributed by atoms with Gasteiger partial charge in [0.05, 0.1) is 0 Å². The molecule has 0 saturated heterocycles. The molecule has 64 valence electrons. The summed E-state index contributed by atoms with van der Waals surface area (Å²) in [6, 6.07) is -0.206. The molecule has 0 spiro atoms. The van der Waals surface area contributed by atoms with Crippen molar-refractivity contribution in [3.05, 3.63) is 10.7 Å². The molecule has 2 N–H and O–H groups in total. The predicted molar refractivity (Wildman–Crippen MR) is 49.4 cm³/mol. The Bertz CT molecular complexity index is 166. The molecule has 2 amide bonds. The average Bonchev–Trinajstić information content (AvgIpc) is 1.99. The van der Waals surface area contributed by atoms with E-state index < -0.39 is 0 Å². The minimum Gasteiger partial charge on any atom is -0.341 e. The first-order valence-electron chi connectivity index (χ1n) is 3.41. The Morgan fingerprint density at radius 3 is 2.45 bits per heavy atom. The molecule has 4 heteroatoms. The number of nitrogens with one attached hydrogen (secondary N) is 2. The molecule has 11 heavy (non-hydrogen) atoms. The zero-order chi connectivity index (χ0) is 8.85. The second-order valence-electron chi connectivity index (χ2n) is 2.41. The van der Waals surface area contributed by atoms with Gasteiger partial charge in [-0.3, -0.25) is 0 Å². The van der Waals surface area contributed by atoms with Crippen molar-refractivity contribution in [2.45, 2.75) is 13.8 Å². The lowest BCUT2D eigenvalue weighted by molar-refractivity contribution is 0.246. The minimum atomic E-state index is -0.206. The molecule has 0 aromatic heterocycles. The van der Waals surface area contributed by atoms with Gasteiger partial charge in [-0.25, -0.2) is 4.79 Å². The molecule has 0 fully saturated rings. The molecule has 0 saturated carbocycles. The molecular formula is C7H13BrN2O. The highest BCUT2D eigenvalue weighted by atomic mass is 79.9. The van der Waals surface area contributed by atoms with Gasteiger partial charge in [0, 0.05) is 17.7 Å². The van der Waals surface area contributed by atoms with Crippen molar-refractivity contribution in [3.63, 3.8) is 0 Å². The fourth-order valence-corrected chi connectivity index (χ4v) is 0.488. The summed E-state index contributed by atoms with van der Waals surface area (Å²) in [7, 11) is 1.58. The Balaban J connectivity index is 3.82. The number of carbonyl (C=O) groups excluding carboxylic acids is 1. The molecule has 0 aliphatic rings. The van der Waals surface area contributed by atoms with E-state index in [-0.39, 0.29) is 6.03 Å². The first-order chi connectivity index (χ1) is 5.07. The molecule has 0 radical (unpaired) electrons. The summed E-state index contributed by atoms with van der Waals surface area (Å²) in [4.78, 5) is 10.7. The Kier molecular flexibility index (Phi) is 4.94. The third-order valence-corrected chi connectivity index (χ3v) is 2.26. The molecule has 0 rings (SSSR count). The molecule has 0 aliphatic carbocycles. The number of amides is 2. The van der Waals surface area contributed by atoms with Crippen molar-refractivity contribution in [2.75, 3.05) is 7.05 Å². The predicted octanol–water partition coefficient (Wildman–Crippen LogP) is 1.81. The van der Waals surface area contributed by atoms with Gasteiger partial charge in [0.1, 0.15) is 0 Å². The molecule has 0 unspecified atom stereocenters. The summed E-state index contributed by atoms with van der Waals surface area (Å²) in [5, 5.41) is 5.00. The first-order valence-corrected chi connectivity index (χ1v) is 4.21. The van der Waals surface area contributed by atoms with E-state index in [1.165, 1.54) is 0 Å². The maximum absolute atomic E-state index is 10.7. The van der Waals surface area contributed by atoms with E-state index in [0.717, 1.165) is 4.48 Å². The molecule has 0 bridgehead atoms. The van der Waals surface area contributed by atoms with Crippen molar-refractivity contribution in [2.24, 2.45) is 5.92 Å². The minimum absolute atomic E-state index is 0.206. The van der Waals surface area contributed by atoms with E-state index >= 15 is 0 Å². The molecule has 0 atom stereocenters. The van der Waals surface area contributed by atoms with Gasteiger partial charge in [-0.15, -0.1) is 0 Å². The highest BCUT2D eigenvalue weighted by molar-refractivity contribution is 9.11. The maximum atomic E-state index is 10.7. The fraction of sp³-hybridized carbons (Fsp3) is 0.571. The number of allylic oxidation sites excluding steroid dienone is 1. The van der Waals surface area contributed by atoms with E-state index in [0.29, 0.717) is 5.92 Å². The lowest BCUT2D eigenvalue weighted by atomic mass is 10.2. The highest BCUT2D eigenvalue weighted by Gasteiger charge is 1.98. The number of halogens is 1. The monoisotopic (exact) mass is 220 g/mol. The van der Waals surface area contributed by atoms with Crippen LogP contribution in [0.4, 0.5) is 4.79 Å². The normalized spacial score (nSPS) is 11.5. The Morgan fingerprint density at radius 1 is 1.55 bits per heavy atom. The molecule has 0 aromatic carbocycles. The lowest BCUT2D eigenvalue weighted by Gasteiger charge is -2.03. The quantitative estimate of drug-likeness (QED) is 0.733. The number of hydrogen-bond acceptors (Lipinski definition) is 1. The summed E-state index contributed by atoms with van der Waals surface area (Å²) in [6.07, 6.45) is 1.64. The third-order valence-electron chi connectivity index (χ3n) is 1.12. The van der Waals surface area contributed by atoms with Crippen LogP contribution < -0.4 is 10.6 Å². The second-order valence-corrected chi connectivity index (χ2v) is 3.32. The zero-order valence-corrected chi connectivity index (χ0v) is 8.53. The molecule has 0 heterocycles. The van der Waals surface area contributed by atoms with Gasteiger partial charge >= 0.3 is 6.03 Å². The summed E-state index contributed by atoms with van der Waals surface area (Å²) in [5.74, 6) is 0.396. The molecule has 0 aromatic rings. The molecule has 3 nitrogen and oxygen atoms in total. The van der Waals surface area contributed by atoms with Crippen LogP contribution in [-0.4, -0.2) is 13.1 Å². The van der Waals surface area contributed by atoms with Crippen LogP contribution in [0, 0.1) is 5.92 Å². The van der Waals surface area contributed by atoms with Gasteiger partial charge in [0.15, 0.2) is 0 Å². The third kappa shape index (κ3) is 4.84. The van der Waals surface area contributed by atoms with Gasteiger partial charge in [-0.1, -0.05) is 29.8 Å². The van der Waals surface area contributed by atoms with E-state index in [2.05, 4.69) is 26.6 Å². The topological polar surface area (TPSA) is 41.1 Å². The van der Waals surface area contributed by atoms with Crippen LogP contribution in [0.1, 0.15) is 13.8 Å². The maximum Gasteiger partial charge on any atom is 0.318 e. The van der Waals surface area contributed by atoms with Crippen LogP contribution in [0.3, 0.4) is 0 Å². The fourth-order valence-electron chi connectivity index (χ4n) is 0.373. The van der Waals surface area contributed by atoms with Gasteiger partial charge in [0.25, 0.3) is 0 Å². The zero-order valence-electron chi connectivity index (χ0n) is 6.94. The lowest BCUT2D eigenvalue weighted by Crippen LogP contribution is -2.28. The van der Waals surface area contributed by atoms with Crippen LogP contribution >= 0.6 is 15.9 Å². The summed E-state index contributed by atoms with van der Waals surface area (Å²) >= 11 is 3.32. The smallest absolute Gasteiger partial charge is 0.318 e. The van der Waals surface area contributed by atoms with Crippen molar-refractivity contribution in [1.82, 2.24) is 10.6 Å². The van der Waals surface area contributed by atoms with Crippen LogP contribution in [0.15, 0.2) is 10.7 Å². The van der Waals surface area contributed by atoms with Crippen LogP contribution in [0.5, 0.6) is 0 Å². The largest absolute Gasteiger partial charge is 0.341 e. The van der Waals surface area contributed by atoms with Gasteiger partial charge in [-0.2, -0.15) is 0 Å². The van der Waals surface area contributed by atoms with Gasteiger partial charge in [-0.05, 0) is 5.92 Å². The van der Waals surface area contributed by atoms with Crippen molar-refractivity contribution >= 4 is 22.0 Å². The standard InChI is InChI=1S/C7H13BrN2O/c1-5(2)6(8)4-10-7(11)9-3/h4-5H,1-3H3,(H2,9,10,11)/b6-4+. The van der Waals surface area contributed by atoms with Gasteiger partial charge in [0.2, 0.25) is 0 Å².